The van der Waals surface area contributed by atoms with Gasteiger partial charge in [0.2, 0.25) is 15.9 Å². The SMILES string of the molecule is CCS(=O)(=O)N1CCCC(C(=O)NC(C)(C)c2cn[nH]n2)C1. The molecule has 1 unspecified atom stereocenters. The van der Waals surface area contributed by atoms with Gasteiger partial charge in [-0.1, -0.05) is 0 Å². The molecule has 1 aliphatic heterocycles. The van der Waals surface area contributed by atoms with Gasteiger partial charge in [0.05, 0.1) is 23.4 Å². The number of nitrogens with one attached hydrogen (secondary N) is 2. The Kier molecular flexibility index (Phi) is 4.86. The molecule has 1 amide bonds. The summed E-state index contributed by atoms with van der Waals surface area (Å²) in [6.45, 7) is 6.04. The lowest BCUT2D eigenvalue weighted by Crippen LogP contribution is -2.50. The van der Waals surface area contributed by atoms with E-state index in [4.69, 9.17) is 0 Å². The summed E-state index contributed by atoms with van der Waals surface area (Å²) < 4.78 is 25.4. The van der Waals surface area contributed by atoms with E-state index in [9.17, 15) is 13.2 Å². The van der Waals surface area contributed by atoms with Gasteiger partial charge in [0.1, 0.15) is 5.69 Å². The number of nitrogens with zero attached hydrogens (tertiary/aromatic N) is 3. The normalized spacial score (nSPS) is 20.8. The van der Waals surface area contributed by atoms with E-state index in [-0.39, 0.29) is 24.1 Å². The number of aromatic amines is 1. The summed E-state index contributed by atoms with van der Waals surface area (Å²) in [5.41, 5.74) is -0.0228. The number of rotatable bonds is 5. The molecule has 124 valence electrons. The van der Waals surface area contributed by atoms with Gasteiger partial charge in [-0.15, -0.1) is 0 Å². The summed E-state index contributed by atoms with van der Waals surface area (Å²) in [7, 11) is -3.25. The summed E-state index contributed by atoms with van der Waals surface area (Å²) in [5, 5.41) is 13.2. The molecule has 1 saturated heterocycles. The second-order valence-corrected chi connectivity index (χ2v) is 8.32. The molecule has 22 heavy (non-hydrogen) atoms. The van der Waals surface area contributed by atoms with E-state index in [2.05, 4.69) is 20.7 Å². The van der Waals surface area contributed by atoms with E-state index in [0.29, 0.717) is 25.1 Å². The van der Waals surface area contributed by atoms with Crippen LogP contribution in [0.4, 0.5) is 0 Å². The first-order valence-electron chi connectivity index (χ1n) is 7.42. The average molecular weight is 329 g/mol. The van der Waals surface area contributed by atoms with Crippen LogP contribution in [-0.4, -0.2) is 52.9 Å². The average Bonchev–Trinajstić information content (AvgIpc) is 3.02. The fourth-order valence-electron chi connectivity index (χ4n) is 2.57. The lowest BCUT2D eigenvalue weighted by atomic mass is 9.95. The van der Waals surface area contributed by atoms with Crippen molar-refractivity contribution in [1.29, 1.82) is 0 Å². The van der Waals surface area contributed by atoms with Crippen molar-refractivity contribution in [1.82, 2.24) is 25.0 Å². The molecule has 1 atom stereocenters. The molecule has 0 radical (unpaired) electrons. The van der Waals surface area contributed by atoms with Gasteiger partial charge in [-0.2, -0.15) is 15.4 Å². The van der Waals surface area contributed by atoms with Crippen LogP contribution in [-0.2, 0) is 20.4 Å². The molecule has 1 fully saturated rings. The number of amides is 1. The molecule has 1 aliphatic rings. The molecule has 1 aromatic heterocycles. The van der Waals surface area contributed by atoms with Crippen LogP contribution < -0.4 is 5.32 Å². The first-order chi connectivity index (χ1) is 10.3. The van der Waals surface area contributed by atoms with Crippen LogP contribution in [0.1, 0.15) is 39.3 Å². The summed E-state index contributed by atoms with van der Waals surface area (Å²) >= 11 is 0. The highest BCUT2D eigenvalue weighted by Gasteiger charge is 2.34. The van der Waals surface area contributed by atoms with E-state index in [0.717, 1.165) is 0 Å². The van der Waals surface area contributed by atoms with E-state index in [1.807, 2.05) is 13.8 Å². The lowest BCUT2D eigenvalue weighted by Gasteiger charge is -2.33. The Hall–Kier alpha value is -1.48. The van der Waals surface area contributed by atoms with E-state index in [1.54, 1.807) is 13.1 Å². The predicted octanol–water partition coefficient (Wildman–Crippen LogP) is 0.218. The third-order valence-corrected chi connectivity index (χ3v) is 5.85. The van der Waals surface area contributed by atoms with Gasteiger partial charge >= 0.3 is 0 Å². The number of carbonyl (C=O) groups excluding carboxylic acids is 1. The minimum absolute atomic E-state index is 0.0613. The quantitative estimate of drug-likeness (QED) is 0.803. The molecule has 0 bridgehead atoms. The molecule has 2 rings (SSSR count). The maximum atomic E-state index is 12.5. The molecular weight excluding hydrogens is 306 g/mol. The van der Waals surface area contributed by atoms with E-state index in [1.165, 1.54) is 4.31 Å². The minimum atomic E-state index is -3.25. The summed E-state index contributed by atoms with van der Waals surface area (Å²) in [4.78, 5) is 12.5. The van der Waals surface area contributed by atoms with Gasteiger partial charge in [-0.05, 0) is 33.6 Å². The number of hydrogen-bond donors (Lipinski definition) is 2. The standard InChI is InChI=1S/C13H23N5O3S/c1-4-22(20,21)18-7-5-6-10(9-18)12(19)15-13(2,3)11-8-14-17-16-11/h8,10H,4-7,9H2,1-3H3,(H,15,19)(H,14,16,17). The first kappa shape index (κ1) is 16.9. The Morgan fingerprint density at radius 3 is 2.86 bits per heavy atom. The Bertz CT molecular complexity index is 612. The Morgan fingerprint density at radius 2 is 2.27 bits per heavy atom. The third kappa shape index (κ3) is 3.64. The van der Waals surface area contributed by atoms with Crippen LogP contribution in [0.25, 0.3) is 0 Å². The maximum Gasteiger partial charge on any atom is 0.225 e. The van der Waals surface area contributed by atoms with Crippen molar-refractivity contribution in [2.75, 3.05) is 18.8 Å². The monoisotopic (exact) mass is 329 g/mol. The number of sulfonamides is 1. The second kappa shape index (κ2) is 6.33. The van der Waals surface area contributed by atoms with Crippen LogP contribution in [0.3, 0.4) is 0 Å². The van der Waals surface area contributed by atoms with Gasteiger partial charge < -0.3 is 5.32 Å². The van der Waals surface area contributed by atoms with Crippen molar-refractivity contribution in [3.8, 4) is 0 Å². The molecule has 0 spiro atoms. The summed E-state index contributed by atoms with van der Waals surface area (Å²) in [6.07, 6.45) is 2.95. The molecule has 9 heteroatoms. The predicted molar refractivity (Wildman–Crippen MR) is 81.3 cm³/mol. The first-order valence-corrected chi connectivity index (χ1v) is 9.03. The maximum absolute atomic E-state index is 12.5. The lowest BCUT2D eigenvalue weighted by molar-refractivity contribution is -0.127. The van der Waals surface area contributed by atoms with Crippen molar-refractivity contribution < 1.29 is 13.2 Å². The highest BCUT2D eigenvalue weighted by molar-refractivity contribution is 7.89. The number of piperidine rings is 1. The zero-order valence-corrected chi connectivity index (χ0v) is 14.0. The molecule has 8 nitrogen and oxygen atoms in total. The molecule has 0 aromatic carbocycles. The molecule has 2 N–H and O–H groups in total. The molecule has 0 aliphatic carbocycles. The van der Waals surface area contributed by atoms with Crippen LogP contribution in [0.5, 0.6) is 0 Å². The van der Waals surface area contributed by atoms with Crippen LogP contribution in [0, 0.1) is 5.92 Å². The van der Waals surface area contributed by atoms with Crippen molar-refractivity contribution in [2.45, 2.75) is 39.2 Å². The third-order valence-electron chi connectivity index (χ3n) is 4.00. The molecular formula is C13H23N5O3S. The highest BCUT2D eigenvalue weighted by atomic mass is 32.2. The van der Waals surface area contributed by atoms with Crippen LogP contribution in [0.15, 0.2) is 6.20 Å². The molecule has 0 saturated carbocycles. The zero-order valence-electron chi connectivity index (χ0n) is 13.2. The van der Waals surface area contributed by atoms with Gasteiger partial charge in [-0.25, -0.2) is 12.7 Å². The van der Waals surface area contributed by atoms with Crippen LogP contribution in [0.2, 0.25) is 0 Å². The minimum Gasteiger partial charge on any atom is -0.345 e. The van der Waals surface area contributed by atoms with Crippen molar-refractivity contribution in [2.24, 2.45) is 5.92 Å². The fraction of sp³-hybridized carbons (Fsp3) is 0.769. The Labute approximate surface area is 130 Å². The van der Waals surface area contributed by atoms with Crippen molar-refractivity contribution in [3.05, 3.63) is 11.9 Å². The number of H-pyrrole nitrogens is 1. The van der Waals surface area contributed by atoms with Crippen molar-refractivity contribution >= 4 is 15.9 Å². The molecule has 2 heterocycles. The zero-order chi connectivity index (χ0) is 16.4. The summed E-state index contributed by atoms with van der Waals surface area (Å²) in [6, 6.07) is 0. The van der Waals surface area contributed by atoms with E-state index < -0.39 is 15.6 Å². The van der Waals surface area contributed by atoms with Gasteiger partial charge in [-0.3, -0.25) is 4.79 Å². The van der Waals surface area contributed by atoms with Gasteiger partial charge in [0.15, 0.2) is 0 Å². The largest absolute Gasteiger partial charge is 0.345 e. The highest BCUT2D eigenvalue weighted by Crippen LogP contribution is 2.22. The van der Waals surface area contributed by atoms with Crippen molar-refractivity contribution in [3.63, 3.8) is 0 Å². The topological polar surface area (TPSA) is 108 Å². The van der Waals surface area contributed by atoms with E-state index >= 15 is 0 Å². The molecule has 1 aromatic rings. The van der Waals surface area contributed by atoms with Gasteiger partial charge in [0, 0.05) is 13.1 Å². The fourth-order valence-corrected chi connectivity index (χ4v) is 3.75. The summed E-state index contributed by atoms with van der Waals surface area (Å²) in [5.74, 6) is -0.420. The number of carbonyl (C=O) groups is 1. The number of hydrogen-bond acceptors (Lipinski definition) is 5. The van der Waals surface area contributed by atoms with Gasteiger partial charge in [0.25, 0.3) is 0 Å². The second-order valence-electron chi connectivity index (χ2n) is 6.07. The Morgan fingerprint density at radius 1 is 1.55 bits per heavy atom. The smallest absolute Gasteiger partial charge is 0.225 e. The number of aromatic nitrogens is 3. The van der Waals surface area contributed by atoms with Crippen LogP contribution >= 0.6 is 0 Å². The Balaban J connectivity index is 2.04.